The van der Waals surface area contributed by atoms with Crippen molar-refractivity contribution in [1.82, 2.24) is 4.90 Å². The van der Waals surface area contributed by atoms with E-state index in [9.17, 15) is 4.79 Å². The second-order valence-electron chi connectivity index (χ2n) is 7.23. The van der Waals surface area contributed by atoms with Crippen LogP contribution in [0.2, 0.25) is 0 Å². The molecular formula is C23H29NO5. The number of carbonyl (C=O) groups excluding carboxylic acids is 1. The molecular weight excluding hydrogens is 370 g/mol. The van der Waals surface area contributed by atoms with Crippen LogP contribution < -0.4 is 18.9 Å². The minimum Gasteiger partial charge on any atom is -0.493 e. The zero-order chi connectivity index (χ0) is 21.0. The second kappa shape index (κ2) is 8.64. The highest BCUT2D eigenvalue weighted by Gasteiger charge is 2.39. The highest BCUT2D eigenvalue weighted by molar-refractivity contribution is 5.73. The van der Waals surface area contributed by atoms with E-state index in [1.165, 1.54) is 0 Å². The lowest BCUT2D eigenvalue weighted by atomic mass is 9.68. The molecule has 0 atom stereocenters. The Morgan fingerprint density at radius 2 is 1.17 bits per heavy atom. The van der Waals surface area contributed by atoms with Gasteiger partial charge in [0.15, 0.2) is 23.0 Å². The Balaban J connectivity index is 2.12. The third-order valence-corrected chi connectivity index (χ3v) is 5.93. The average Bonchev–Trinajstić information content (AvgIpc) is 2.77. The van der Waals surface area contributed by atoms with Gasteiger partial charge in [-0.2, -0.15) is 0 Å². The molecule has 0 N–H and O–H groups in total. The van der Waals surface area contributed by atoms with Crippen LogP contribution in [0.5, 0.6) is 23.0 Å². The van der Waals surface area contributed by atoms with E-state index in [1.54, 1.807) is 35.4 Å². The quantitative estimate of drug-likeness (QED) is 0.742. The van der Waals surface area contributed by atoms with Crippen molar-refractivity contribution in [2.75, 3.05) is 41.5 Å². The molecule has 1 aliphatic heterocycles. The molecule has 2 aromatic rings. The van der Waals surface area contributed by atoms with Gasteiger partial charge < -0.3 is 23.8 Å². The Labute approximate surface area is 172 Å². The summed E-state index contributed by atoms with van der Waals surface area (Å²) in [5.41, 5.74) is 1.99. The van der Waals surface area contributed by atoms with Crippen LogP contribution in [-0.2, 0) is 10.2 Å². The molecule has 0 radical (unpaired) electrons. The van der Waals surface area contributed by atoms with Gasteiger partial charge in [-0.1, -0.05) is 12.1 Å². The molecule has 1 fully saturated rings. The molecule has 1 aliphatic rings. The van der Waals surface area contributed by atoms with E-state index in [0.29, 0.717) is 36.1 Å². The number of hydrogen-bond donors (Lipinski definition) is 0. The first-order valence-electron chi connectivity index (χ1n) is 9.69. The van der Waals surface area contributed by atoms with Gasteiger partial charge in [0.1, 0.15) is 0 Å². The second-order valence-corrected chi connectivity index (χ2v) is 7.23. The number of likely N-dealkylation sites (tertiary alicyclic amines) is 1. The van der Waals surface area contributed by atoms with Gasteiger partial charge in [-0.15, -0.1) is 0 Å². The van der Waals surface area contributed by atoms with Crippen molar-refractivity contribution in [2.45, 2.75) is 25.2 Å². The van der Waals surface area contributed by atoms with Crippen LogP contribution in [0.3, 0.4) is 0 Å². The van der Waals surface area contributed by atoms with Gasteiger partial charge >= 0.3 is 0 Å². The molecule has 3 rings (SSSR count). The predicted molar refractivity (Wildman–Crippen MR) is 111 cm³/mol. The van der Waals surface area contributed by atoms with Crippen molar-refractivity contribution in [1.29, 1.82) is 0 Å². The first kappa shape index (κ1) is 20.8. The first-order valence-corrected chi connectivity index (χ1v) is 9.69. The van der Waals surface area contributed by atoms with Crippen molar-refractivity contribution in [3.63, 3.8) is 0 Å². The summed E-state index contributed by atoms with van der Waals surface area (Å²) in [6.07, 6.45) is 1.61. The van der Waals surface area contributed by atoms with Crippen LogP contribution in [0.15, 0.2) is 36.4 Å². The SMILES string of the molecule is COc1ccc(C2(c3ccc(OC)c(OC)c3)CCN(C(C)=O)CC2)cc1OC. The van der Waals surface area contributed by atoms with E-state index in [-0.39, 0.29) is 11.3 Å². The minimum atomic E-state index is -0.273. The summed E-state index contributed by atoms with van der Waals surface area (Å²) in [6.45, 7) is 3.01. The lowest BCUT2D eigenvalue weighted by Gasteiger charge is -2.43. The number of piperidine rings is 1. The summed E-state index contributed by atoms with van der Waals surface area (Å²) in [7, 11) is 6.55. The van der Waals surface area contributed by atoms with Crippen LogP contribution in [0.4, 0.5) is 0 Å². The van der Waals surface area contributed by atoms with E-state index < -0.39 is 0 Å². The number of nitrogens with zero attached hydrogens (tertiary/aromatic N) is 1. The molecule has 156 valence electrons. The Morgan fingerprint density at radius 1 is 0.759 bits per heavy atom. The van der Waals surface area contributed by atoms with E-state index in [4.69, 9.17) is 18.9 Å². The molecule has 1 heterocycles. The zero-order valence-corrected chi connectivity index (χ0v) is 17.8. The van der Waals surface area contributed by atoms with Gasteiger partial charge in [-0.3, -0.25) is 4.79 Å². The van der Waals surface area contributed by atoms with E-state index in [0.717, 1.165) is 24.0 Å². The van der Waals surface area contributed by atoms with Crippen LogP contribution in [-0.4, -0.2) is 52.3 Å². The van der Waals surface area contributed by atoms with Crippen molar-refractivity contribution in [3.05, 3.63) is 47.5 Å². The fourth-order valence-electron chi connectivity index (χ4n) is 4.22. The molecule has 0 aromatic heterocycles. The Bertz CT molecular complexity index is 814. The normalized spacial score (nSPS) is 15.6. The number of methoxy groups -OCH3 is 4. The van der Waals surface area contributed by atoms with Gasteiger partial charge in [-0.05, 0) is 48.2 Å². The van der Waals surface area contributed by atoms with Gasteiger partial charge in [0, 0.05) is 25.4 Å². The first-order chi connectivity index (χ1) is 14.0. The molecule has 0 bridgehead atoms. The molecule has 1 saturated heterocycles. The summed E-state index contributed by atoms with van der Waals surface area (Å²) in [6, 6.07) is 12.1. The van der Waals surface area contributed by atoms with E-state index >= 15 is 0 Å². The Hall–Kier alpha value is -2.89. The van der Waals surface area contributed by atoms with Gasteiger partial charge in [0.05, 0.1) is 28.4 Å². The number of ether oxygens (including phenoxy) is 4. The number of amides is 1. The molecule has 0 spiro atoms. The standard InChI is InChI=1S/C23H29NO5/c1-16(25)24-12-10-23(11-13-24,17-6-8-19(26-2)21(14-17)28-4)18-7-9-20(27-3)22(15-18)29-5/h6-9,14-15H,10-13H2,1-5H3. The predicted octanol–water partition coefficient (Wildman–Crippen LogP) is 3.65. The lowest BCUT2D eigenvalue weighted by molar-refractivity contribution is -0.130. The number of benzene rings is 2. The molecule has 0 saturated carbocycles. The monoisotopic (exact) mass is 399 g/mol. The molecule has 29 heavy (non-hydrogen) atoms. The van der Waals surface area contributed by atoms with E-state index in [1.807, 2.05) is 29.2 Å². The van der Waals surface area contributed by atoms with Crippen LogP contribution in [0, 0.1) is 0 Å². The van der Waals surface area contributed by atoms with Crippen molar-refractivity contribution >= 4 is 5.91 Å². The molecule has 0 aliphatic carbocycles. The van der Waals surface area contributed by atoms with Crippen LogP contribution in [0.1, 0.15) is 30.9 Å². The minimum absolute atomic E-state index is 0.109. The van der Waals surface area contributed by atoms with E-state index in [2.05, 4.69) is 12.1 Å². The highest BCUT2D eigenvalue weighted by atomic mass is 16.5. The highest BCUT2D eigenvalue weighted by Crippen LogP contribution is 2.46. The number of hydrogen-bond acceptors (Lipinski definition) is 5. The molecule has 6 heteroatoms. The maximum atomic E-state index is 11.9. The lowest BCUT2D eigenvalue weighted by Crippen LogP contribution is -2.45. The van der Waals surface area contributed by atoms with Gasteiger partial charge in [0.25, 0.3) is 0 Å². The maximum absolute atomic E-state index is 11.9. The van der Waals surface area contributed by atoms with Crippen molar-refractivity contribution < 1.29 is 23.7 Å². The largest absolute Gasteiger partial charge is 0.493 e. The number of rotatable bonds is 6. The smallest absolute Gasteiger partial charge is 0.219 e. The van der Waals surface area contributed by atoms with Crippen LogP contribution >= 0.6 is 0 Å². The summed E-state index contributed by atoms with van der Waals surface area (Å²) in [5, 5.41) is 0. The topological polar surface area (TPSA) is 57.2 Å². The Kier molecular flexibility index (Phi) is 6.20. The molecule has 2 aromatic carbocycles. The van der Waals surface area contributed by atoms with Gasteiger partial charge in [-0.25, -0.2) is 0 Å². The summed E-state index contributed by atoms with van der Waals surface area (Å²) >= 11 is 0. The van der Waals surface area contributed by atoms with Gasteiger partial charge in [0.2, 0.25) is 5.91 Å². The van der Waals surface area contributed by atoms with Crippen LogP contribution in [0.25, 0.3) is 0 Å². The van der Waals surface area contributed by atoms with Crippen molar-refractivity contribution in [2.24, 2.45) is 0 Å². The molecule has 1 amide bonds. The summed E-state index contributed by atoms with van der Waals surface area (Å²) in [5.74, 6) is 2.88. The molecule has 6 nitrogen and oxygen atoms in total. The fourth-order valence-corrected chi connectivity index (χ4v) is 4.22. The zero-order valence-electron chi connectivity index (χ0n) is 17.8. The molecule has 0 unspecified atom stereocenters. The maximum Gasteiger partial charge on any atom is 0.219 e. The average molecular weight is 399 g/mol. The summed E-state index contributed by atoms with van der Waals surface area (Å²) < 4.78 is 21.9. The third-order valence-electron chi connectivity index (χ3n) is 5.93. The third kappa shape index (κ3) is 3.84. The fraction of sp³-hybridized carbons (Fsp3) is 0.435. The van der Waals surface area contributed by atoms with Crippen molar-refractivity contribution in [3.8, 4) is 23.0 Å². The number of carbonyl (C=O) groups is 1. The summed E-state index contributed by atoms with van der Waals surface area (Å²) in [4.78, 5) is 13.8. The Morgan fingerprint density at radius 3 is 1.52 bits per heavy atom.